The third-order valence-electron chi connectivity index (χ3n) is 17.0. The fourth-order valence-electron chi connectivity index (χ4n) is 11.3. The van der Waals surface area contributed by atoms with Crippen LogP contribution >= 0.6 is 7.82 Å². The number of unbranched alkanes of at least 4 members (excludes halogenated alkanes) is 29. The van der Waals surface area contributed by atoms with Crippen molar-refractivity contribution >= 4 is 25.7 Å². The summed E-state index contributed by atoms with van der Waals surface area (Å²) in [5.41, 5.74) is 0. The van der Waals surface area contributed by atoms with Gasteiger partial charge in [0.2, 0.25) is 0 Å². The number of aliphatic hydroxyl groups excluding tert-OH is 10. The Morgan fingerprint density at radius 1 is 0.422 bits per heavy atom. The van der Waals surface area contributed by atoms with Crippen molar-refractivity contribution in [2.75, 3.05) is 26.4 Å². The first-order valence-electron chi connectivity index (χ1n) is 34.5. The molecular weight excluding hydrogens is 1200 g/mol. The van der Waals surface area contributed by atoms with Crippen LogP contribution in [-0.4, -0.2) is 204 Å². The normalized spacial score (nSPS) is 29.0. The number of allylic oxidation sites excluding steroid dienone is 2. The lowest BCUT2D eigenvalue weighted by Crippen LogP contribution is -2.69. The molecule has 18 unspecified atom stereocenters. The Bertz CT molecular complexity index is 1940. The second-order valence-corrected chi connectivity index (χ2v) is 26.3. The summed E-state index contributed by atoms with van der Waals surface area (Å²) in [6.45, 7) is 3.36. The molecule has 3 aliphatic rings. The molecule has 0 aromatic carbocycles. The van der Waals surface area contributed by atoms with Crippen LogP contribution in [0.1, 0.15) is 252 Å². The van der Waals surface area contributed by atoms with Crippen molar-refractivity contribution in [1.29, 1.82) is 0 Å². The fourth-order valence-corrected chi connectivity index (χ4v) is 12.3. The standard InChI is InChI=1S/C65H119O24P/c1-4-7-10-13-16-19-22-23-26-29-32-35-38-41-51(69)84-46(43-81-49(67)39-36-33-30-27-24-20-17-14-11-8-5-2)44-83-90(79,80)89-63-61(87-64-59(77)54(72)52(70)47(42-66)85-64)57(75)56(74)58(76)62(63)88-65-60(78)55(73)53(71)48(86-65)45-82-50(68)40-37-34-31-28-25-21-18-15-12-9-6-3/h23,26,46-48,52-66,70-78H,4-22,24-25,27-45H2,1-3H3,(H,79,80)/b26-23-. The average molecular weight is 1320 g/mol. The Balaban J connectivity index is 1.78. The maximum absolute atomic E-state index is 14.3. The molecule has 2 heterocycles. The summed E-state index contributed by atoms with van der Waals surface area (Å²) < 4.78 is 64.7. The zero-order valence-corrected chi connectivity index (χ0v) is 55.3. The van der Waals surface area contributed by atoms with Gasteiger partial charge in [-0.2, -0.15) is 0 Å². The maximum atomic E-state index is 14.3. The number of phosphoric acid groups is 1. The van der Waals surface area contributed by atoms with Gasteiger partial charge in [-0.15, -0.1) is 0 Å². The van der Waals surface area contributed by atoms with E-state index in [0.717, 1.165) is 89.9 Å². The molecule has 0 radical (unpaired) electrons. The molecule has 0 aromatic rings. The van der Waals surface area contributed by atoms with E-state index in [1.54, 1.807) is 0 Å². The van der Waals surface area contributed by atoms with Crippen LogP contribution in [0, 0.1) is 0 Å². The molecule has 25 heteroatoms. The van der Waals surface area contributed by atoms with Gasteiger partial charge >= 0.3 is 25.7 Å². The van der Waals surface area contributed by atoms with Crippen LogP contribution in [0.15, 0.2) is 12.2 Å². The molecule has 0 spiro atoms. The highest BCUT2D eigenvalue weighted by atomic mass is 31.2. The number of hydrogen-bond acceptors (Lipinski definition) is 23. The lowest BCUT2D eigenvalue weighted by molar-refractivity contribution is -0.360. The quantitative estimate of drug-likeness (QED) is 0.00916. The maximum Gasteiger partial charge on any atom is 0.472 e. The van der Waals surface area contributed by atoms with Crippen molar-refractivity contribution in [3.05, 3.63) is 12.2 Å². The first-order valence-corrected chi connectivity index (χ1v) is 36.0. The molecule has 3 fully saturated rings. The average Bonchev–Trinajstić information content (AvgIpc) is 0.774. The molecule has 18 atom stereocenters. The zero-order chi connectivity index (χ0) is 66.1. The summed E-state index contributed by atoms with van der Waals surface area (Å²) in [7, 11) is -5.69. The fraction of sp³-hybridized carbons (Fsp3) is 0.923. The molecule has 3 rings (SSSR count). The Kier molecular flexibility index (Phi) is 44.1. The SMILES string of the molecule is CCCCCCCC/C=C\CCCCCC(=O)OC(COC(=O)CCCCCCCCCCCCC)COP(=O)(O)OC1C(OC2OC(CO)C(O)C(O)C2O)C(O)C(O)C(O)C1OC1OC(COC(=O)CCCCCCCCCCCCC)C(O)C(O)C1O. The Morgan fingerprint density at radius 2 is 0.778 bits per heavy atom. The Labute approximate surface area is 535 Å². The van der Waals surface area contributed by atoms with Crippen molar-refractivity contribution in [2.24, 2.45) is 0 Å². The van der Waals surface area contributed by atoms with Gasteiger partial charge in [-0.3, -0.25) is 23.4 Å². The van der Waals surface area contributed by atoms with Crippen LogP contribution in [-0.2, 0) is 61.2 Å². The predicted octanol–water partition coefficient (Wildman–Crippen LogP) is 7.62. The Morgan fingerprint density at radius 3 is 1.21 bits per heavy atom. The summed E-state index contributed by atoms with van der Waals surface area (Å²) in [5, 5.41) is 110. The minimum Gasteiger partial charge on any atom is -0.463 e. The molecule has 1 saturated carbocycles. The summed E-state index contributed by atoms with van der Waals surface area (Å²) in [6.07, 6.45) is 3.36. The zero-order valence-electron chi connectivity index (χ0n) is 54.4. The number of ether oxygens (including phenoxy) is 7. The van der Waals surface area contributed by atoms with E-state index in [-0.39, 0.29) is 19.3 Å². The molecule has 2 aliphatic heterocycles. The van der Waals surface area contributed by atoms with E-state index < -0.39 is 156 Å². The highest BCUT2D eigenvalue weighted by Crippen LogP contribution is 2.49. The van der Waals surface area contributed by atoms with E-state index in [0.29, 0.717) is 25.7 Å². The van der Waals surface area contributed by atoms with Crippen molar-refractivity contribution in [3.63, 3.8) is 0 Å². The van der Waals surface area contributed by atoms with Crippen LogP contribution in [0.2, 0.25) is 0 Å². The van der Waals surface area contributed by atoms with Crippen molar-refractivity contribution < 1.29 is 117 Å². The van der Waals surface area contributed by atoms with E-state index in [9.17, 15) is 74.9 Å². The van der Waals surface area contributed by atoms with Crippen LogP contribution in [0.25, 0.3) is 0 Å². The Hall–Kier alpha value is -2.30. The van der Waals surface area contributed by atoms with Gasteiger partial charge in [-0.05, 0) is 44.9 Å². The summed E-state index contributed by atoms with van der Waals surface area (Å²) in [5.74, 6) is -2.01. The molecule has 0 bridgehead atoms. The number of hydrogen-bond donors (Lipinski definition) is 11. The highest BCUT2D eigenvalue weighted by molar-refractivity contribution is 7.47. The van der Waals surface area contributed by atoms with E-state index in [1.165, 1.54) is 96.3 Å². The van der Waals surface area contributed by atoms with Gasteiger partial charge < -0.3 is 89.1 Å². The lowest BCUT2D eigenvalue weighted by Gasteiger charge is -2.49. The van der Waals surface area contributed by atoms with Gasteiger partial charge in [-0.1, -0.05) is 200 Å². The molecule has 24 nitrogen and oxygen atoms in total. The van der Waals surface area contributed by atoms with Crippen molar-refractivity contribution in [1.82, 2.24) is 0 Å². The third kappa shape index (κ3) is 32.4. The van der Waals surface area contributed by atoms with Gasteiger partial charge in [0.05, 0.1) is 13.2 Å². The van der Waals surface area contributed by atoms with E-state index in [1.807, 2.05) is 0 Å². The smallest absolute Gasteiger partial charge is 0.463 e. The number of aliphatic hydroxyl groups is 10. The largest absolute Gasteiger partial charge is 0.472 e. The first-order chi connectivity index (χ1) is 43.3. The van der Waals surface area contributed by atoms with Crippen LogP contribution in [0.4, 0.5) is 0 Å². The summed E-state index contributed by atoms with van der Waals surface area (Å²) in [6, 6.07) is 0. The predicted molar refractivity (Wildman–Crippen MR) is 333 cm³/mol. The van der Waals surface area contributed by atoms with Crippen molar-refractivity contribution in [3.8, 4) is 0 Å². The van der Waals surface area contributed by atoms with Gasteiger partial charge in [0.25, 0.3) is 0 Å². The van der Waals surface area contributed by atoms with Crippen LogP contribution < -0.4 is 0 Å². The second-order valence-electron chi connectivity index (χ2n) is 24.9. The number of carbonyl (C=O) groups is 3. The molecule has 11 N–H and O–H groups in total. The van der Waals surface area contributed by atoms with E-state index in [4.69, 9.17) is 42.2 Å². The number of rotatable bonds is 52. The highest BCUT2D eigenvalue weighted by Gasteiger charge is 2.58. The second kappa shape index (κ2) is 48.4. The first kappa shape index (κ1) is 81.9. The number of esters is 3. The molecule has 528 valence electrons. The number of carbonyl (C=O) groups excluding carboxylic acids is 3. The van der Waals surface area contributed by atoms with Crippen LogP contribution in [0.5, 0.6) is 0 Å². The minimum atomic E-state index is -5.69. The summed E-state index contributed by atoms with van der Waals surface area (Å²) in [4.78, 5) is 50.7. The molecule has 2 saturated heterocycles. The molecular formula is C65H119O24P. The number of phosphoric ester groups is 1. The van der Waals surface area contributed by atoms with Gasteiger partial charge in [0, 0.05) is 19.3 Å². The van der Waals surface area contributed by atoms with E-state index >= 15 is 0 Å². The molecule has 1 aliphatic carbocycles. The van der Waals surface area contributed by atoms with Crippen LogP contribution in [0.3, 0.4) is 0 Å². The van der Waals surface area contributed by atoms with E-state index in [2.05, 4.69) is 32.9 Å². The topological polar surface area (TPSA) is 374 Å². The summed E-state index contributed by atoms with van der Waals surface area (Å²) >= 11 is 0. The van der Waals surface area contributed by atoms with Gasteiger partial charge in [0.15, 0.2) is 18.7 Å². The molecule has 0 aromatic heterocycles. The van der Waals surface area contributed by atoms with Gasteiger partial charge in [0.1, 0.15) is 98.7 Å². The van der Waals surface area contributed by atoms with Gasteiger partial charge in [-0.25, -0.2) is 4.57 Å². The monoisotopic (exact) mass is 1310 g/mol. The molecule has 0 amide bonds. The minimum absolute atomic E-state index is 0.0308. The molecule has 90 heavy (non-hydrogen) atoms. The lowest BCUT2D eigenvalue weighted by atomic mass is 9.84. The van der Waals surface area contributed by atoms with Crippen molar-refractivity contribution in [2.45, 2.75) is 356 Å². The third-order valence-corrected chi connectivity index (χ3v) is 18.0.